The highest BCUT2D eigenvalue weighted by Crippen LogP contribution is 2.18. The Morgan fingerprint density at radius 2 is 1.64 bits per heavy atom. The monoisotopic (exact) mass is 376 g/mol. The molecule has 144 valence electrons. The Bertz CT molecular complexity index is 877. The fourth-order valence-corrected chi connectivity index (χ4v) is 2.78. The van der Waals surface area contributed by atoms with E-state index in [-0.39, 0.29) is 11.6 Å². The van der Waals surface area contributed by atoms with E-state index in [1.807, 2.05) is 36.4 Å². The first-order chi connectivity index (χ1) is 13.7. The minimum absolute atomic E-state index is 0.266. The van der Waals surface area contributed by atoms with Crippen molar-refractivity contribution in [2.45, 2.75) is 20.4 Å². The van der Waals surface area contributed by atoms with Crippen LogP contribution in [0.1, 0.15) is 29.9 Å². The number of pyridine rings is 1. The zero-order chi connectivity index (χ0) is 19.8. The smallest absolute Gasteiger partial charge is 0.276 e. The van der Waals surface area contributed by atoms with E-state index in [0.29, 0.717) is 12.4 Å². The zero-order valence-corrected chi connectivity index (χ0v) is 16.1. The number of hydrogen-bond acceptors (Lipinski definition) is 6. The second-order valence-electron chi connectivity index (χ2n) is 6.19. The van der Waals surface area contributed by atoms with Gasteiger partial charge in [0.15, 0.2) is 5.69 Å². The van der Waals surface area contributed by atoms with Crippen LogP contribution in [0.2, 0.25) is 0 Å². The average Bonchev–Trinajstić information content (AvgIpc) is 2.75. The van der Waals surface area contributed by atoms with Gasteiger partial charge in [-0.2, -0.15) is 0 Å². The predicted octanol–water partition coefficient (Wildman–Crippen LogP) is 3.58. The van der Waals surface area contributed by atoms with E-state index in [4.69, 9.17) is 0 Å². The van der Waals surface area contributed by atoms with E-state index >= 15 is 0 Å². The van der Waals surface area contributed by atoms with Gasteiger partial charge in [0.2, 0.25) is 0 Å². The molecule has 2 N–H and O–H groups in total. The van der Waals surface area contributed by atoms with E-state index < -0.39 is 0 Å². The molecule has 3 rings (SSSR count). The number of carbonyl (C=O) groups excluding carboxylic acids is 1. The summed E-state index contributed by atoms with van der Waals surface area (Å²) in [5, 5.41) is 14.1. The molecule has 0 saturated heterocycles. The Morgan fingerprint density at radius 3 is 2.25 bits per heavy atom. The second kappa shape index (κ2) is 9.45. The van der Waals surface area contributed by atoms with Gasteiger partial charge in [0.1, 0.15) is 5.82 Å². The molecule has 1 amide bonds. The van der Waals surface area contributed by atoms with Crippen LogP contribution in [0.25, 0.3) is 0 Å². The van der Waals surface area contributed by atoms with Gasteiger partial charge in [-0.1, -0.05) is 0 Å². The first-order valence-electron chi connectivity index (χ1n) is 9.32. The van der Waals surface area contributed by atoms with Crippen LogP contribution in [0.15, 0.2) is 60.9 Å². The summed E-state index contributed by atoms with van der Waals surface area (Å²) < 4.78 is 0. The maximum absolute atomic E-state index is 12.4. The number of rotatable bonds is 8. The summed E-state index contributed by atoms with van der Waals surface area (Å²) in [7, 11) is 0. The number of nitrogens with one attached hydrogen (secondary N) is 2. The Labute approximate surface area is 164 Å². The Kier molecular flexibility index (Phi) is 6.51. The molecule has 28 heavy (non-hydrogen) atoms. The maximum Gasteiger partial charge on any atom is 0.276 e. The number of anilines is 3. The molecule has 0 bridgehead atoms. The third-order valence-electron chi connectivity index (χ3n) is 4.37. The molecule has 2 heterocycles. The fraction of sp³-hybridized carbons (Fsp3) is 0.238. The van der Waals surface area contributed by atoms with Gasteiger partial charge >= 0.3 is 0 Å². The Balaban J connectivity index is 1.57. The molecular formula is C21H24N6O. The van der Waals surface area contributed by atoms with E-state index in [2.05, 4.69) is 44.6 Å². The van der Waals surface area contributed by atoms with Gasteiger partial charge < -0.3 is 15.5 Å². The van der Waals surface area contributed by atoms with E-state index in [1.165, 1.54) is 0 Å². The van der Waals surface area contributed by atoms with Crippen molar-refractivity contribution in [3.8, 4) is 0 Å². The Morgan fingerprint density at radius 1 is 0.929 bits per heavy atom. The number of aromatic nitrogens is 3. The van der Waals surface area contributed by atoms with Gasteiger partial charge in [-0.15, -0.1) is 10.2 Å². The summed E-state index contributed by atoms with van der Waals surface area (Å²) in [5.41, 5.74) is 3.21. The van der Waals surface area contributed by atoms with Crippen molar-refractivity contribution in [3.05, 3.63) is 72.2 Å². The SMILES string of the molecule is CCN(CC)c1ccc(NC(=O)c2ccc(NCc3ccncc3)nn2)cc1. The largest absolute Gasteiger partial charge is 0.372 e. The number of carbonyl (C=O) groups is 1. The van der Waals surface area contributed by atoms with Gasteiger partial charge in [0.25, 0.3) is 5.91 Å². The van der Waals surface area contributed by atoms with Crippen molar-refractivity contribution < 1.29 is 4.79 Å². The number of hydrogen-bond donors (Lipinski definition) is 2. The molecule has 0 spiro atoms. The van der Waals surface area contributed by atoms with Gasteiger partial charge in [0.05, 0.1) is 0 Å². The molecule has 0 aliphatic carbocycles. The summed E-state index contributed by atoms with van der Waals surface area (Å²) in [4.78, 5) is 18.6. The van der Waals surface area contributed by atoms with Crippen molar-refractivity contribution in [2.75, 3.05) is 28.6 Å². The molecule has 0 atom stereocenters. The third-order valence-corrected chi connectivity index (χ3v) is 4.37. The highest BCUT2D eigenvalue weighted by atomic mass is 16.1. The van der Waals surface area contributed by atoms with Crippen molar-refractivity contribution >= 4 is 23.1 Å². The summed E-state index contributed by atoms with van der Waals surface area (Å²) in [6, 6.07) is 15.0. The highest BCUT2D eigenvalue weighted by molar-refractivity contribution is 6.02. The standard InChI is InChI=1S/C21H24N6O/c1-3-27(4-2)18-7-5-17(6-8-18)24-21(28)19-9-10-20(26-25-19)23-15-16-11-13-22-14-12-16/h5-14H,3-4,15H2,1-2H3,(H,23,26)(H,24,28). The van der Waals surface area contributed by atoms with Gasteiger partial charge in [0, 0.05) is 43.4 Å². The normalized spacial score (nSPS) is 10.4. The van der Waals surface area contributed by atoms with Crippen LogP contribution in [0.3, 0.4) is 0 Å². The minimum atomic E-state index is -0.288. The zero-order valence-electron chi connectivity index (χ0n) is 16.1. The molecule has 7 nitrogen and oxygen atoms in total. The quantitative estimate of drug-likeness (QED) is 0.625. The van der Waals surface area contributed by atoms with Gasteiger partial charge in [-0.25, -0.2) is 0 Å². The summed E-state index contributed by atoms with van der Waals surface area (Å²) >= 11 is 0. The van der Waals surface area contributed by atoms with Crippen LogP contribution < -0.4 is 15.5 Å². The minimum Gasteiger partial charge on any atom is -0.372 e. The first kappa shape index (κ1) is 19.3. The topological polar surface area (TPSA) is 83.0 Å². The molecule has 0 radical (unpaired) electrons. The van der Waals surface area contributed by atoms with Crippen molar-refractivity contribution in [1.82, 2.24) is 15.2 Å². The lowest BCUT2D eigenvalue weighted by Gasteiger charge is -2.21. The lowest BCUT2D eigenvalue weighted by molar-refractivity contribution is 0.102. The van der Waals surface area contributed by atoms with Gasteiger partial charge in [-0.3, -0.25) is 9.78 Å². The van der Waals surface area contributed by atoms with Crippen molar-refractivity contribution in [2.24, 2.45) is 0 Å². The molecule has 7 heteroatoms. The average molecular weight is 376 g/mol. The van der Waals surface area contributed by atoms with Crippen molar-refractivity contribution in [3.63, 3.8) is 0 Å². The predicted molar refractivity (Wildman–Crippen MR) is 112 cm³/mol. The summed E-state index contributed by atoms with van der Waals surface area (Å²) in [6.07, 6.45) is 3.48. The van der Waals surface area contributed by atoms with Crippen LogP contribution in [0, 0.1) is 0 Å². The van der Waals surface area contributed by atoms with Crippen molar-refractivity contribution in [1.29, 1.82) is 0 Å². The number of benzene rings is 1. The molecule has 0 saturated carbocycles. The Hall–Kier alpha value is -3.48. The van der Waals surface area contributed by atoms with E-state index in [9.17, 15) is 4.79 Å². The van der Waals surface area contributed by atoms with Gasteiger partial charge in [-0.05, 0) is 67.9 Å². The third kappa shape index (κ3) is 5.03. The molecule has 2 aromatic heterocycles. The molecule has 3 aromatic rings. The van der Waals surface area contributed by atoms with Crippen LogP contribution in [0.5, 0.6) is 0 Å². The van der Waals surface area contributed by atoms with E-state index in [1.54, 1.807) is 24.5 Å². The fourth-order valence-electron chi connectivity index (χ4n) is 2.78. The molecule has 0 fully saturated rings. The maximum atomic E-state index is 12.4. The first-order valence-corrected chi connectivity index (χ1v) is 9.32. The molecule has 0 unspecified atom stereocenters. The van der Waals surface area contributed by atoms with Crippen LogP contribution in [-0.2, 0) is 6.54 Å². The van der Waals surface area contributed by atoms with Crippen LogP contribution in [0.4, 0.5) is 17.2 Å². The van der Waals surface area contributed by atoms with E-state index in [0.717, 1.165) is 30.0 Å². The summed E-state index contributed by atoms with van der Waals surface area (Å²) in [6.45, 7) is 6.74. The second-order valence-corrected chi connectivity index (χ2v) is 6.19. The van der Waals surface area contributed by atoms with Crippen LogP contribution in [-0.4, -0.2) is 34.2 Å². The number of nitrogens with zero attached hydrogens (tertiary/aromatic N) is 4. The molecule has 0 aliphatic heterocycles. The lowest BCUT2D eigenvalue weighted by atomic mass is 10.2. The van der Waals surface area contributed by atoms with Crippen LogP contribution >= 0.6 is 0 Å². The lowest BCUT2D eigenvalue weighted by Crippen LogP contribution is -2.21. The molecule has 0 aliphatic rings. The highest BCUT2D eigenvalue weighted by Gasteiger charge is 2.09. The molecular weight excluding hydrogens is 352 g/mol. The number of amides is 1. The summed E-state index contributed by atoms with van der Waals surface area (Å²) in [5.74, 6) is 0.320. The molecule has 1 aromatic carbocycles.